The molecule has 1 amide bonds. The van der Waals surface area contributed by atoms with Crippen molar-refractivity contribution in [2.24, 2.45) is 5.92 Å². The van der Waals surface area contributed by atoms with Crippen molar-refractivity contribution in [3.8, 4) is 5.75 Å². The zero-order chi connectivity index (χ0) is 27.8. The molecule has 3 saturated carbocycles. The fraction of sp³-hybridized carbons (Fsp3) is 0.321. The molecule has 1 N–H and O–H groups in total. The summed E-state index contributed by atoms with van der Waals surface area (Å²) in [5.41, 5.74) is 0.570. The molecule has 0 unspecified atom stereocenters. The van der Waals surface area contributed by atoms with E-state index in [0.717, 1.165) is 35.8 Å². The van der Waals surface area contributed by atoms with Crippen LogP contribution in [0.1, 0.15) is 52.5 Å². The van der Waals surface area contributed by atoms with Crippen molar-refractivity contribution in [1.82, 2.24) is 9.58 Å². The number of amides is 1. The van der Waals surface area contributed by atoms with Gasteiger partial charge in [0.1, 0.15) is 6.67 Å². The normalized spacial score (nSPS) is 24.1. The van der Waals surface area contributed by atoms with Crippen LogP contribution in [0, 0.1) is 17.6 Å². The number of rotatable bonds is 5. The molecule has 0 radical (unpaired) electrons. The van der Waals surface area contributed by atoms with Crippen molar-refractivity contribution < 1.29 is 33.0 Å². The number of aromatic nitrogens is 1. The number of fused-ring (bicyclic) bond motifs is 3. The van der Waals surface area contributed by atoms with Gasteiger partial charge in [-0.15, -0.1) is 11.8 Å². The predicted molar refractivity (Wildman–Crippen MR) is 139 cm³/mol. The van der Waals surface area contributed by atoms with E-state index in [4.69, 9.17) is 9.84 Å². The summed E-state index contributed by atoms with van der Waals surface area (Å²) in [4.78, 5) is 40.5. The molecule has 2 bridgehead atoms. The molecule has 40 heavy (non-hydrogen) atoms. The number of carboxylic acid groups (broad SMARTS) is 1. The first kappa shape index (κ1) is 24.9. The third-order valence-electron chi connectivity index (χ3n) is 8.42. The van der Waals surface area contributed by atoms with E-state index < -0.39 is 42.0 Å². The molecule has 3 heterocycles. The van der Waals surface area contributed by atoms with Crippen LogP contribution in [-0.4, -0.2) is 45.7 Å². The van der Waals surface area contributed by atoms with Crippen LogP contribution >= 0.6 is 11.8 Å². The molecule has 5 aliphatic rings. The van der Waals surface area contributed by atoms with Crippen LogP contribution in [0.4, 0.5) is 13.6 Å². The highest BCUT2D eigenvalue weighted by molar-refractivity contribution is 7.98. The zero-order valence-electron chi connectivity index (χ0n) is 21.0. The summed E-state index contributed by atoms with van der Waals surface area (Å²) >= 11 is 1.40. The molecule has 3 fully saturated rings. The number of nitrogens with zero attached hydrogens (tertiary/aromatic N) is 3. The fourth-order valence-corrected chi connectivity index (χ4v) is 7.54. The van der Waals surface area contributed by atoms with Gasteiger partial charge in [-0.05, 0) is 48.4 Å². The van der Waals surface area contributed by atoms with Gasteiger partial charge in [-0.25, -0.2) is 13.6 Å². The highest BCUT2D eigenvalue weighted by Crippen LogP contribution is 2.61. The van der Waals surface area contributed by atoms with Crippen LogP contribution in [0.15, 0.2) is 58.4 Å². The Morgan fingerprint density at radius 2 is 1.85 bits per heavy atom. The number of pyridine rings is 1. The summed E-state index contributed by atoms with van der Waals surface area (Å²) < 4.78 is 41.1. The minimum atomic E-state index is -1.59. The van der Waals surface area contributed by atoms with E-state index in [-0.39, 0.29) is 35.0 Å². The first-order valence-electron chi connectivity index (χ1n) is 12.8. The maximum Gasteiger partial charge on any atom is 0.508 e. The summed E-state index contributed by atoms with van der Waals surface area (Å²) in [6.45, 7) is -0.646. The molecule has 8 rings (SSSR count). The van der Waals surface area contributed by atoms with Crippen molar-refractivity contribution >= 4 is 23.8 Å². The lowest BCUT2D eigenvalue weighted by atomic mass is 9.49. The number of carbonyl (C=O) groups excluding carboxylic acids is 1. The van der Waals surface area contributed by atoms with Gasteiger partial charge < -0.3 is 19.5 Å². The summed E-state index contributed by atoms with van der Waals surface area (Å²) in [6.07, 6.45) is 2.40. The summed E-state index contributed by atoms with van der Waals surface area (Å²) in [6, 6.07) is 10.8. The first-order chi connectivity index (χ1) is 19.3. The zero-order valence-corrected chi connectivity index (χ0v) is 21.8. The summed E-state index contributed by atoms with van der Waals surface area (Å²) in [5, 5.41) is 10.7. The van der Waals surface area contributed by atoms with E-state index in [0.29, 0.717) is 11.5 Å². The van der Waals surface area contributed by atoms with E-state index >= 15 is 4.39 Å². The van der Waals surface area contributed by atoms with Gasteiger partial charge in [0.2, 0.25) is 18.0 Å². The van der Waals surface area contributed by atoms with Gasteiger partial charge in [-0.2, -0.15) is 0 Å². The number of halogens is 2. The maximum atomic E-state index is 15.2. The van der Waals surface area contributed by atoms with E-state index in [1.165, 1.54) is 28.7 Å². The Morgan fingerprint density at radius 1 is 1.07 bits per heavy atom. The van der Waals surface area contributed by atoms with Gasteiger partial charge in [0.05, 0.1) is 6.04 Å². The highest BCUT2D eigenvalue weighted by Gasteiger charge is 2.63. The average molecular weight is 568 g/mol. The second kappa shape index (κ2) is 8.98. The fourth-order valence-electron chi connectivity index (χ4n) is 6.42. The van der Waals surface area contributed by atoms with Crippen molar-refractivity contribution in [2.75, 3.05) is 18.5 Å². The number of ether oxygens (including phenoxy) is 2. The molecule has 3 aromatic rings. The highest BCUT2D eigenvalue weighted by atomic mass is 32.2. The Balaban J connectivity index is 1.44. The van der Waals surface area contributed by atoms with Crippen LogP contribution < -0.4 is 15.2 Å². The molecule has 2 aliphatic heterocycles. The standard InChI is InChI=1S/C28H23F2N3O6S/c29-19-6-5-16-18(22(19)30)12-40-21-4-2-1-3-17(21)23(16)33-13-31(28-9-15(10-28)11-28)26(35)24-25(38-14-39-27(36)37)20(34)7-8-32(24)33/h1-8,15,23H,9-14H2,(H,36,37)/t15?,23-,28?/m0/s1. The Labute approximate surface area is 230 Å². The molecular formula is C28H23F2N3O6S. The first-order valence-corrected chi connectivity index (χ1v) is 13.8. The number of carbonyl (C=O) groups is 2. The third kappa shape index (κ3) is 3.61. The third-order valence-corrected chi connectivity index (χ3v) is 9.54. The molecule has 206 valence electrons. The van der Waals surface area contributed by atoms with E-state index in [9.17, 15) is 18.8 Å². The van der Waals surface area contributed by atoms with Crippen LogP contribution in [0.3, 0.4) is 0 Å². The molecule has 0 saturated heterocycles. The lowest BCUT2D eigenvalue weighted by Crippen LogP contribution is -2.73. The lowest BCUT2D eigenvalue weighted by Gasteiger charge is -2.67. The average Bonchev–Trinajstić information content (AvgIpc) is 3.04. The largest absolute Gasteiger partial charge is 0.508 e. The molecule has 3 aliphatic carbocycles. The molecule has 12 heteroatoms. The molecule has 1 aromatic heterocycles. The molecule has 1 atom stereocenters. The predicted octanol–water partition coefficient (Wildman–Crippen LogP) is 4.46. The van der Waals surface area contributed by atoms with Gasteiger partial charge >= 0.3 is 6.16 Å². The number of benzene rings is 2. The molecule has 9 nitrogen and oxygen atoms in total. The van der Waals surface area contributed by atoms with Crippen molar-refractivity contribution in [2.45, 2.75) is 41.5 Å². The van der Waals surface area contributed by atoms with Crippen molar-refractivity contribution in [1.29, 1.82) is 0 Å². The van der Waals surface area contributed by atoms with Gasteiger partial charge in [0.25, 0.3) is 5.91 Å². The Kier molecular flexibility index (Phi) is 5.60. The molecular weight excluding hydrogens is 544 g/mol. The van der Waals surface area contributed by atoms with Crippen LogP contribution in [0.2, 0.25) is 0 Å². The van der Waals surface area contributed by atoms with Gasteiger partial charge in [0, 0.05) is 34.0 Å². The number of thioether (sulfide) groups is 1. The quantitative estimate of drug-likeness (QED) is 0.357. The van der Waals surface area contributed by atoms with Crippen LogP contribution in [0.25, 0.3) is 0 Å². The van der Waals surface area contributed by atoms with Gasteiger partial charge in [-0.1, -0.05) is 24.3 Å². The van der Waals surface area contributed by atoms with E-state index in [2.05, 4.69) is 4.74 Å². The Morgan fingerprint density at radius 3 is 2.58 bits per heavy atom. The van der Waals surface area contributed by atoms with Crippen molar-refractivity contribution in [3.63, 3.8) is 0 Å². The summed E-state index contributed by atoms with van der Waals surface area (Å²) in [7, 11) is 0. The van der Waals surface area contributed by atoms with E-state index in [1.54, 1.807) is 11.0 Å². The maximum absolute atomic E-state index is 15.2. The van der Waals surface area contributed by atoms with Gasteiger partial charge in [0.15, 0.2) is 17.3 Å². The van der Waals surface area contributed by atoms with E-state index in [1.807, 2.05) is 29.3 Å². The topological polar surface area (TPSA) is 101 Å². The van der Waals surface area contributed by atoms with Gasteiger partial charge in [-0.3, -0.25) is 19.3 Å². The second-order valence-corrected chi connectivity index (χ2v) is 11.6. The minimum Gasteiger partial charge on any atom is -0.451 e. The van der Waals surface area contributed by atoms with Crippen LogP contribution in [-0.2, 0) is 10.5 Å². The SMILES string of the molecule is O=C(O)OCOc1c2n(ccc1=O)N([C@@H]1c3ccccc3SCc3c1ccc(F)c3F)CN(C13CC(C1)C3)C2=O. The smallest absolute Gasteiger partial charge is 0.451 e. The van der Waals surface area contributed by atoms with Crippen LogP contribution in [0.5, 0.6) is 5.75 Å². The minimum absolute atomic E-state index is 0.0732. The Hall–Kier alpha value is -4.06. The number of hydrogen-bond donors (Lipinski definition) is 1. The number of hydrogen-bond acceptors (Lipinski definition) is 7. The monoisotopic (exact) mass is 567 g/mol. The second-order valence-electron chi connectivity index (χ2n) is 10.5. The molecule has 0 spiro atoms. The molecule has 2 aromatic carbocycles. The Bertz CT molecular complexity index is 1630. The lowest BCUT2D eigenvalue weighted by molar-refractivity contribution is -0.128. The summed E-state index contributed by atoms with van der Waals surface area (Å²) in [5.74, 6) is -1.84. The van der Waals surface area contributed by atoms with Crippen molar-refractivity contribution in [3.05, 3.63) is 92.9 Å².